The van der Waals surface area contributed by atoms with Gasteiger partial charge >= 0.3 is 6.18 Å². The molecule has 1 amide bonds. The van der Waals surface area contributed by atoms with Gasteiger partial charge in [-0.15, -0.1) is 0 Å². The van der Waals surface area contributed by atoms with Crippen molar-refractivity contribution in [3.63, 3.8) is 0 Å². The molecule has 2 aromatic heterocycles. The summed E-state index contributed by atoms with van der Waals surface area (Å²) in [6.45, 7) is -0.473. The minimum atomic E-state index is -4.54. The number of alkyl halides is 3. The van der Waals surface area contributed by atoms with Gasteiger partial charge in [0, 0.05) is 31.9 Å². The number of hydrogen-bond donors (Lipinski definition) is 1. The molecule has 0 fully saturated rings. The Morgan fingerprint density at radius 2 is 2.00 bits per heavy atom. The molecule has 0 unspecified atom stereocenters. The molecule has 26 heavy (non-hydrogen) atoms. The van der Waals surface area contributed by atoms with Crippen LogP contribution >= 0.6 is 0 Å². The highest BCUT2D eigenvalue weighted by molar-refractivity contribution is 5.95. The zero-order valence-corrected chi connectivity index (χ0v) is 13.9. The van der Waals surface area contributed by atoms with Gasteiger partial charge in [-0.3, -0.25) is 9.78 Å². The van der Waals surface area contributed by atoms with E-state index in [1.807, 2.05) is 0 Å². The number of halogens is 3. The van der Waals surface area contributed by atoms with Crippen molar-refractivity contribution in [1.29, 1.82) is 0 Å². The number of rotatable bonds is 3. The van der Waals surface area contributed by atoms with E-state index in [0.29, 0.717) is 5.69 Å². The molecule has 0 spiro atoms. The van der Waals surface area contributed by atoms with Gasteiger partial charge in [0.05, 0.1) is 28.9 Å². The Morgan fingerprint density at radius 3 is 2.62 bits per heavy atom. The van der Waals surface area contributed by atoms with Crippen molar-refractivity contribution >= 4 is 16.8 Å². The zero-order valence-electron chi connectivity index (χ0n) is 13.9. The Labute approximate surface area is 146 Å². The third kappa shape index (κ3) is 3.01. The molecule has 9 heteroatoms. The van der Waals surface area contributed by atoms with Crippen LogP contribution < -0.4 is 0 Å². The van der Waals surface area contributed by atoms with Gasteiger partial charge in [-0.1, -0.05) is 12.1 Å². The summed E-state index contributed by atoms with van der Waals surface area (Å²) >= 11 is 0. The van der Waals surface area contributed by atoms with E-state index in [9.17, 15) is 23.1 Å². The largest absolute Gasteiger partial charge is 0.418 e. The molecule has 136 valence electrons. The second-order valence-electron chi connectivity index (χ2n) is 5.82. The Balaban J connectivity index is 2.23. The van der Waals surface area contributed by atoms with E-state index < -0.39 is 18.3 Å². The summed E-state index contributed by atoms with van der Waals surface area (Å²) in [5.41, 5.74) is -0.418. The van der Waals surface area contributed by atoms with Gasteiger partial charge in [-0.05, 0) is 12.1 Å². The number of carbonyl (C=O) groups is 1. The van der Waals surface area contributed by atoms with Gasteiger partial charge in [0.1, 0.15) is 5.69 Å². The molecule has 1 aromatic carbocycles. The average molecular weight is 364 g/mol. The van der Waals surface area contributed by atoms with Crippen LogP contribution in [0.15, 0.2) is 36.7 Å². The molecule has 0 saturated heterocycles. The molecule has 0 aliphatic rings. The maximum absolute atomic E-state index is 13.2. The standard InChI is InChI=1S/C17H15F3N4O2/c1-23(2)16(26)11-8-24(22-13(11)9-25)14-6-7-21-15-10(14)4-3-5-12(15)17(18,19)20/h3-8,25H,9H2,1-2H3. The number of fused-ring (bicyclic) bond motifs is 1. The lowest BCUT2D eigenvalue weighted by atomic mass is 10.1. The number of hydrogen-bond acceptors (Lipinski definition) is 4. The Bertz CT molecular complexity index is 980. The summed E-state index contributed by atoms with van der Waals surface area (Å²) < 4.78 is 41.0. The van der Waals surface area contributed by atoms with Crippen LogP contribution in [-0.4, -0.2) is 44.8 Å². The normalized spacial score (nSPS) is 11.8. The number of nitrogens with zero attached hydrogens (tertiary/aromatic N) is 4. The van der Waals surface area contributed by atoms with E-state index in [4.69, 9.17) is 0 Å². The number of benzene rings is 1. The van der Waals surface area contributed by atoms with Crippen molar-refractivity contribution in [2.75, 3.05) is 14.1 Å². The fraction of sp³-hybridized carbons (Fsp3) is 0.235. The van der Waals surface area contributed by atoms with Crippen molar-refractivity contribution < 1.29 is 23.1 Å². The van der Waals surface area contributed by atoms with Crippen LogP contribution in [0.1, 0.15) is 21.6 Å². The number of para-hydroxylation sites is 1. The number of pyridine rings is 1. The molecule has 3 rings (SSSR count). The molecule has 1 N–H and O–H groups in total. The zero-order chi connectivity index (χ0) is 19.1. The van der Waals surface area contributed by atoms with Gasteiger partial charge in [-0.2, -0.15) is 18.3 Å². The minimum absolute atomic E-state index is 0.139. The second kappa shape index (κ2) is 6.41. The Hall–Kier alpha value is -2.94. The molecular weight excluding hydrogens is 349 g/mol. The van der Waals surface area contributed by atoms with Crippen molar-refractivity contribution in [1.82, 2.24) is 19.7 Å². The van der Waals surface area contributed by atoms with Gasteiger partial charge in [0.25, 0.3) is 5.91 Å². The molecule has 2 heterocycles. The van der Waals surface area contributed by atoms with Gasteiger partial charge < -0.3 is 10.0 Å². The molecular formula is C17H15F3N4O2. The molecule has 0 bridgehead atoms. The van der Waals surface area contributed by atoms with Crippen molar-refractivity contribution in [3.8, 4) is 5.69 Å². The van der Waals surface area contributed by atoms with Crippen LogP contribution in [0.25, 0.3) is 16.6 Å². The Morgan fingerprint density at radius 1 is 1.27 bits per heavy atom. The number of carbonyl (C=O) groups excluding carboxylic acids is 1. The van der Waals surface area contributed by atoms with Crippen molar-refractivity contribution in [3.05, 3.63) is 53.5 Å². The summed E-state index contributed by atoms with van der Waals surface area (Å²) in [6, 6.07) is 5.25. The summed E-state index contributed by atoms with van der Waals surface area (Å²) in [6.07, 6.45) is -1.90. The first-order valence-corrected chi connectivity index (χ1v) is 7.60. The van der Waals surface area contributed by atoms with Gasteiger partial charge in [-0.25, -0.2) is 4.68 Å². The van der Waals surface area contributed by atoms with E-state index >= 15 is 0 Å². The fourth-order valence-electron chi connectivity index (χ4n) is 2.66. The number of aliphatic hydroxyl groups excluding tert-OH is 1. The monoisotopic (exact) mass is 364 g/mol. The number of aliphatic hydroxyl groups is 1. The van der Waals surface area contributed by atoms with Crippen LogP contribution in [0.2, 0.25) is 0 Å². The lowest BCUT2D eigenvalue weighted by molar-refractivity contribution is -0.136. The molecule has 0 saturated carbocycles. The predicted octanol–water partition coefficient (Wildman–Crippen LogP) is 2.63. The molecule has 6 nitrogen and oxygen atoms in total. The first kappa shape index (κ1) is 17.9. The van der Waals surface area contributed by atoms with E-state index in [-0.39, 0.29) is 28.1 Å². The second-order valence-corrected chi connectivity index (χ2v) is 5.82. The quantitative estimate of drug-likeness (QED) is 0.776. The maximum Gasteiger partial charge on any atom is 0.418 e. The molecule has 0 aliphatic carbocycles. The first-order valence-electron chi connectivity index (χ1n) is 7.60. The highest BCUT2D eigenvalue weighted by Gasteiger charge is 2.33. The van der Waals surface area contributed by atoms with Crippen molar-refractivity contribution in [2.45, 2.75) is 12.8 Å². The highest BCUT2D eigenvalue weighted by atomic mass is 19.4. The first-order chi connectivity index (χ1) is 12.2. The SMILES string of the molecule is CN(C)C(=O)c1cn(-c2ccnc3c(C(F)(F)F)cccc23)nc1CO. The maximum atomic E-state index is 13.2. The Kier molecular flexibility index (Phi) is 4.41. The lowest BCUT2D eigenvalue weighted by Gasteiger charge is -2.12. The van der Waals surface area contributed by atoms with Crippen LogP contribution in [0, 0.1) is 0 Å². The topological polar surface area (TPSA) is 71.2 Å². The van der Waals surface area contributed by atoms with Crippen LogP contribution in [-0.2, 0) is 12.8 Å². The fourth-order valence-corrected chi connectivity index (χ4v) is 2.66. The van der Waals surface area contributed by atoms with E-state index in [0.717, 1.165) is 6.07 Å². The minimum Gasteiger partial charge on any atom is -0.390 e. The predicted molar refractivity (Wildman–Crippen MR) is 87.8 cm³/mol. The molecule has 3 aromatic rings. The van der Waals surface area contributed by atoms with Gasteiger partial charge in [0.15, 0.2) is 0 Å². The smallest absolute Gasteiger partial charge is 0.390 e. The van der Waals surface area contributed by atoms with Crippen LogP contribution in [0.4, 0.5) is 13.2 Å². The highest BCUT2D eigenvalue weighted by Crippen LogP contribution is 2.35. The van der Waals surface area contributed by atoms with E-state index in [2.05, 4.69) is 10.1 Å². The lowest BCUT2D eigenvalue weighted by Crippen LogP contribution is -2.22. The van der Waals surface area contributed by atoms with E-state index in [1.54, 1.807) is 14.1 Å². The molecule has 0 radical (unpaired) electrons. The third-order valence-corrected chi connectivity index (χ3v) is 3.88. The summed E-state index contributed by atoms with van der Waals surface area (Å²) in [5, 5.41) is 13.9. The average Bonchev–Trinajstić information content (AvgIpc) is 3.03. The number of aromatic nitrogens is 3. The van der Waals surface area contributed by atoms with Gasteiger partial charge in [0.2, 0.25) is 0 Å². The summed E-state index contributed by atoms with van der Waals surface area (Å²) in [5.74, 6) is -0.366. The van der Waals surface area contributed by atoms with Crippen LogP contribution in [0.3, 0.4) is 0 Å². The van der Waals surface area contributed by atoms with Crippen LogP contribution in [0.5, 0.6) is 0 Å². The summed E-state index contributed by atoms with van der Waals surface area (Å²) in [4.78, 5) is 17.4. The third-order valence-electron chi connectivity index (χ3n) is 3.88. The van der Waals surface area contributed by atoms with Crippen molar-refractivity contribution in [2.24, 2.45) is 0 Å². The number of amides is 1. The molecule has 0 atom stereocenters. The van der Waals surface area contributed by atoms with E-state index in [1.165, 1.54) is 40.2 Å². The molecule has 0 aliphatic heterocycles. The summed E-state index contributed by atoms with van der Waals surface area (Å²) in [7, 11) is 3.11.